The fourth-order valence-corrected chi connectivity index (χ4v) is 3.26. The normalized spacial score (nSPS) is 23.1. The van der Waals surface area contributed by atoms with Gasteiger partial charge in [-0.05, 0) is 43.4 Å². The van der Waals surface area contributed by atoms with Crippen molar-refractivity contribution in [3.8, 4) is 0 Å². The summed E-state index contributed by atoms with van der Waals surface area (Å²) < 4.78 is 0. The lowest BCUT2D eigenvalue weighted by molar-refractivity contribution is 0.0651. The maximum atomic E-state index is 13.0. The average Bonchev–Trinajstić information content (AvgIpc) is 2.97. The monoisotopic (exact) mass is 326 g/mol. The van der Waals surface area contributed by atoms with Crippen LogP contribution in [0.25, 0.3) is 0 Å². The second kappa shape index (κ2) is 5.79. The molecule has 21 heavy (non-hydrogen) atoms. The Hall–Kier alpha value is -0.770. The molecular formula is C16H20Cl2N2O. The lowest BCUT2D eigenvalue weighted by atomic mass is 10.1. The Morgan fingerprint density at radius 1 is 1.43 bits per heavy atom. The number of halogens is 2. The van der Waals surface area contributed by atoms with Gasteiger partial charge < -0.3 is 10.2 Å². The Bertz CT molecular complexity index is 551. The minimum absolute atomic E-state index is 0.00400. The third-order valence-electron chi connectivity index (χ3n) is 4.57. The van der Waals surface area contributed by atoms with E-state index in [2.05, 4.69) is 12.2 Å². The van der Waals surface area contributed by atoms with Crippen LogP contribution in [0, 0.1) is 5.41 Å². The first kappa shape index (κ1) is 15.1. The summed E-state index contributed by atoms with van der Waals surface area (Å²) in [6, 6.07) is 5.52. The van der Waals surface area contributed by atoms with Crippen molar-refractivity contribution in [2.24, 2.45) is 5.41 Å². The van der Waals surface area contributed by atoms with Crippen LogP contribution in [0.2, 0.25) is 10.0 Å². The molecule has 0 aromatic heterocycles. The zero-order valence-corrected chi connectivity index (χ0v) is 13.7. The van der Waals surface area contributed by atoms with Crippen molar-refractivity contribution in [1.82, 2.24) is 10.2 Å². The molecule has 1 aromatic carbocycles. The SMILES string of the molecule is CC1(CN(C(=O)c2cccc(Cl)c2Cl)C2CCNC2)CC1. The van der Waals surface area contributed by atoms with E-state index in [0.29, 0.717) is 15.6 Å². The molecule has 3 nitrogen and oxygen atoms in total. The van der Waals surface area contributed by atoms with E-state index in [9.17, 15) is 4.79 Å². The first-order chi connectivity index (χ1) is 10.0. The molecule has 2 aliphatic rings. The average molecular weight is 327 g/mol. The first-order valence-corrected chi connectivity index (χ1v) is 8.21. The molecule has 114 valence electrons. The van der Waals surface area contributed by atoms with Gasteiger partial charge in [0.1, 0.15) is 0 Å². The highest BCUT2D eigenvalue weighted by molar-refractivity contribution is 6.43. The molecule has 1 aromatic rings. The van der Waals surface area contributed by atoms with Gasteiger partial charge in [0.05, 0.1) is 15.6 Å². The summed E-state index contributed by atoms with van der Waals surface area (Å²) in [5.41, 5.74) is 0.795. The topological polar surface area (TPSA) is 32.3 Å². The number of amides is 1. The molecule has 5 heteroatoms. The number of nitrogens with one attached hydrogen (secondary N) is 1. The molecule has 0 bridgehead atoms. The smallest absolute Gasteiger partial charge is 0.255 e. The molecule has 2 fully saturated rings. The van der Waals surface area contributed by atoms with Crippen LogP contribution >= 0.6 is 23.2 Å². The molecule has 1 saturated carbocycles. The summed E-state index contributed by atoms with van der Waals surface area (Å²) in [6.45, 7) is 4.88. The molecule has 1 amide bonds. The maximum Gasteiger partial charge on any atom is 0.255 e. The summed E-state index contributed by atoms with van der Waals surface area (Å²) in [4.78, 5) is 15.0. The van der Waals surface area contributed by atoms with Crippen molar-refractivity contribution in [2.45, 2.75) is 32.2 Å². The van der Waals surface area contributed by atoms with Gasteiger partial charge in [-0.3, -0.25) is 4.79 Å². The summed E-state index contributed by atoms with van der Waals surface area (Å²) >= 11 is 12.3. The second-order valence-corrected chi connectivity index (χ2v) is 7.28. The Balaban J connectivity index is 1.87. The van der Waals surface area contributed by atoms with E-state index in [1.54, 1.807) is 18.2 Å². The van der Waals surface area contributed by atoms with Crippen LogP contribution in [0.1, 0.15) is 36.5 Å². The lowest BCUT2D eigenvalue weighted by Gasteiger charge is -2.31. The van der Waals surface area contributed by atoms with E-state index in [4.69, 9.17) is 23.2 Å². The van der Waals surface area contributed by atoms with Gasteiger partial charge in [0.25, 0.3) is 5.91 Å². The molecule has 0 spiro atoms. The van der Waals surface area contributed by atoms with E-state index >= 15 is 0 Å². The van der Waals surface area contributed by atoms with Crippen molar-refractivity contribution >= 4 is 29.1 Å². The van der Waals surface area contributed by atoms with Gasteiger partial charge in [-0.1, -0.05) is 36.2 Å². The summed E-state index contributed by atoms with van der Waals surface area (Å²) in [5.74, 6) is 0.00400. The van der Waals surface area contributed by atoms with Crippen LogP contribution in [0.3, 0.4) is 0 Å². The molecular weight excluding hydrogens is 307 g/mol. The molecule has 1 aliphatic heterocycles. The van der Waals surface area contributed by atoms with Crippen molar-refractivity contribution in [3.05, 3.63) is 33.8 Å². The van der Waals surface area contributed by atoms with Crippen molar-refractivity contribution in [2.75, 3.05) is 19.6 Å². The van der Waals surface area contributed by atoms with E-state index < -0.39 is 0 Å². The summed E-state index contributed by atoms with van der Waals surface area (Å²) in [5, 5.41) is 4.14. The first-order valence-electron chi connectivity index (χ1n) is 7.46. The molecule has 1 atom stereocenters. The van der Waals surface area contributed by atoms with Crippen molar-refractivity contribution in [1.29, 1.82) is 0 Å². The van der Waals surface area contributed by atoms with E-state index in [0.717, 1.165) is 26.1 Å². The standard InChI is InChI=1S/C16H20Cl2N2O/c1-16(6-7-16)10-20(11-5-8-19-9-11)15(21)12-3-2-4-13(17)14(12)18/h2-4,11,19H,5-10H2,1H3. The second-order valence-electron chi connectivity index (χ2n) is 6.49. The van der Waals surface area contributed by atoms with Gasteiger partial charge in [0.15, 0.2) is 0 Å². The zero-order valence-electron chi connectivity index (χ0n) is 12.2. The van der Waals surface area contributed by atoms with Gasteiger partial charge in [-0.15, -0.1) is 0 Å². The number of benzene rings is 1. The van der Waals surface area contributed by atoms with Crippen LogP contribution in [0.15, 0.2) is 18.2 Å². The van der Waals surface area contributed by atoms with Crippen LogP contribution in [-0.4, -0.2) is 36.5 Å². The van der Waals surface area contributed by atoms with Gasteiger partial charge in [0.2, 0.25) is 0 Å². The highest BCUT2D eigenvalue weighted by atomic mass is 35.5. The van der Waals surface area contributed by atoms with Crippen LogP contribution in [0.4, 0.5) is 0 Å². The van der Waals surface area contributed by atoms with Crippen molar-refractivity contribution in [3.63, 3.8) is 0 Å². The number of carbonyl (C=O) groups is 1. The molecule has 1 saturated heterocycles. The van der Waals surface area contributed by atoms with Crippen LogP contribution in [0.5, 0.6) is 0 Å². The van der Waals surface area contributed by atoms with Gasteiger partial charge in [0, 0.05) is 19.1 Å². The quantitative estimate of drug-likeness (QED) is 0.916. The fraction of sp³-hybridized carbons (Fsp3) is 0.562. The third-order valence-corrected chi connectivity index (χ3v) is 5.39. The third kappa shape index (κ3) is 3.20. The lowest BCUT2D eigenvalue weighted by Crippen LogP contribution is -2.44. The van der Waals surface area contributed by atoms with E-state index in [-0.39, 0.29) is 17.4 Å². The van der Waals surface area contributed by atoms with Crippen LogP contribution in [-0.2, 0) is 0 Å². The highest BCUT2D eigenvalue weighted by Gasteiger charge is 2.42. The fourth-order valence-electron chi connectivity index (χ4n) is 2.88. The van der Waals surface area contributed by atoms with E-state index in [1.165, 1.54) is 12.8 Å². The summed E-state index contributed by atoms with van der Waals surface area (Å²) in [7, 11) is 0. The molecule has 0 radical (unpaired) electrons. The van der Waals surface area contributed by atoms with Gasteiger partial charge in [-0.25, -0.2) is 0 Å². The largest absolute Gasteiger partial charge is 0.334 e. The Kier molecular flexibility index (Phi) is 4.17. The highest BCUT2D eigenvalue weighted by Crippen LogP contribution is 2.46. The van der Waals surface area contributed by atoms with Crippen LogP contribution < -0.4 is 5.32 Å². The number of rotatable bonds is 4. The minimum atomic E-state index is 0.00400. The molecule has 1 N–H and O–H groups in total. The number of hydrogen-bond donors (Lipinski definition) is 1. The van der Waals surface area contributed by atoms with E-state index in [1.807, 2.05) is 4.90 Å². The van der Waals surface area contributed by atoms with Gasteiger partial charge >= 0.3 is 0 Å². The Morgan fingerprint density at radius 3 is 2.81 bits per heavy atom. The molecule has 1 unspecified atom stereocenters. The Morgan fingerprint density at radius 2 is 2.19 bits per heavy atom. The molecule has 3 rings (SSSR count). The predicted octanol–water partition coefficient (Wildman–Crippen LogP) is 3.60. The zero-order chi connectivity index (χ0) is 15.0. The Labute approximate surface area is 135 Å². The van der Waals surface area contributed by atoms with Crippen molar-refractivity contribution < 1.29 is 4.79 Å². The maximum absolute atomic E-state index is 13.0. The predicted molar refractivity (Wildman–Crippen MR) is 86.1 cm³/mol. The van der Waals surface area contributed by atoms with Gasteiger partial charge in [-0.2, -0.15) is 0 Å². The number of carbonyl (C=O) groups excluding carboxylic acids is 1. The summed E-state index contributed by atoms with van der Waals surface area (Å²) in [6.07, 6.45) is 3.39. The molecule has 1 aliphatic carbocycles. The number of hydrogen-bond acceptors (Lipinski definition) is 2. The number of nitrogens with zero attached hydrogens (tertiary/aromatic N) is 1. The minimum Gasteiger partial charge on any atom is -0.334 e. The molecule has 1 heterocycles.